The summed E-state index contributed by atoms with van der Waals surface area (Å²) in [5.41, 5.74) is 0. The first-order chi connectivity index (χ1) is 9.08. The van der Waals surface area contributed by atoms with E-state index in [1.54, 1.807) is 0 Å². The largest absolute Gasteiger partial charge is 0.481 e. The highest BCUT2D eigenvalue weighted by Crippen LogP contribution is 2.29. The van der Waals surface area contributed by atoms with Crippen molar-refractivity contribution >= 4 is 11.9 Å². The molecule has 2 N–H and O–H groups in total. The lowest BCUT2D eigenvalue weighted by molar-refractivity contribution is -0.144. The van der Waals surface area contributed by atoms with Gasteiger partial charge in [0.1, 0.15) is 0 Å². The minimum absolute atomic E-state index is 0.00560. The van der Waals surface area contributed by atoms with Crippen molar-refractivity contribution in [3.8, 4) is 0 Å². The average molecular weight is 269 g/mol. The van der Waals surface area contributed by atoms with E-state index < -0.39 is 5.97 Å². The van der Waals surface area contributed by atoms with E-state index in [0.717, 1.165) is 32.3 Å². The Morgan fingerprint density at radius 1 is 1.21 bits per heavy atom. The number of hydrogen-bond acceptors (Lipinski definition) is 3. The summed E-state index contributed by atoms with van der Waals surface area (Å²) < 4.78 is 5.55. The van der Waals surface area contributed by atoms with Crippen molar-refractivity contribution in [2.75, 3.05) is 6.61 Å². The van der Waals surface area contributed by atoms with Crippen LogP contribution in [0.15, 0.2) is 0 Å². The zero-order valence-electron chi connectivity index (χ0n) is 11.4. The molecule has 0 spiro atoms. The van der Waals surface area contributed by atoms with Crippen LogP contribution in [0.2, 0.25) is 0 Å². The maximum absolute atomic E-state index is 12.2. The molecule has 0 radical (unpaired) electrons. The van der Waals surface area contributed by atoms with E-state index in [1.165, 1.54) is 0 Å². The quantitative estimate of drug-likeness (QED) is 0.812. The molecule has 4 atom stereocenters. The normalized spacial score (nSPS) is 32.8. The van der Waals surface area contributed by atoms with Crippen LogP contribution in [0.25, 0.3) is 0 Å². The van der Waals surface area contributed by atoms with Gasteiger partial charge in [-0.15, -0.1) is 0 Å². The number of aliphatic carboxylic acids is 1. The monoisotopic (exact) mass is 269 g/mol. The molecule has 0 aromatic carbocycles. The molecule has 4 unspecified atom stereocenters. The van der Waals surface area contributed by atoms with Crippen LogP contribution in [0, 0.1) is 11.8 Å². The van der Waals surface area contributed by atoms with Gasteiger partial charge in [-0.1, -0.05) is 6.42 Å². The fourth-order valence-electron chi connectivity index (χ4n) is 3.08. The van der Waals surface area contributed by atoms with Crippen molar-refractivity contribution < 1.29 is 19.4 Å². The Hall–Kier alpha value is -1.10. The van der Waals surface area contributed by atoms with Crippen molar-refractivity contribution in [2.24, 2.45) is 11.8 Å². The lowest BCUT2D eigenvalue weighted by atomic mass is 9.81. The number of carboxylic acids is 1. The maximum atomic E-state index is 12.2. The molecular formula is C14H23NO4. The van der Waals surface area contributed by atoms with Gasteiger partial charge in [0.2, 0.25) is 5.91 Å². The minimum atomic E-state index is -0.773. The highest BCUT2D eigenvalue weighted by atomic mass is 16.5. The number of rotatable bonds is 4. The van der Waals surface area contributed by atoms with Crippen LogP contribution in [0.4, 0.5) is 0 Å². The first kappa shape index (κ1) is 14.3. The lowest BCUT2D eigenvalue weighted by Gasteiger charge is -2.28. The number of amides is 1. The van der Waals surface area contributed by atoms with Gasteiger partial charge in [0.05, 0.1) is 18.1 Å². The van der Waals surface area contributed by atoms with Crippen LogP contribution in [0.5, 0.6) is 0 Å². The summed E-state index contributed by atoms with van der Waals surface area (Å²) in [5, 5.41) is 12.0. The Bertz CT molecular complexity index is 338. The minimum Gasteiger partial charge on any atom is -0.481 e. The summed E-state index contributed by atoms with van der Waals surface area (Å²) in [4.78, 5) is 23.2. The molecule has 0 aromatic heterocycles. The Morgan fingerprint density at radius 2 is 1.95 bits per heavy atom. The predicted molar refractivity (Wildman–Crippen MR) is 69.7 cm³/mol. The number of nitrogens with one attached hydrogen (secondary N) is 1. The Labute approximate surface area is 113 Å². The summed E-state index contributed by atoms with van der Waals surface area (Å²) in [6, 6.07) is 0.0141. The highest BCUT2D eigenvalue weighted by Gasteiger charge is 2.32. The molecule has 0 aromatic rings. The van der Waals surface area contributed by atoms with Crippen LogP contribution in [0.1, 0.15) is 45.4 Å². The number of carboxylic acid groups (broad SMARTS) is 1. The van der Waals surface area contributed by atoms with Crippen molar-refractivity contribution in [1.82, 2.24) is 5.32 Å². The van der Waals surface area contributed by atoms with E-state index in [9.17, 15) is 9.59 Å². The predicted octanol–water partition coefficient (Wildman–Crippen LogP) is 1.56. The molecule has 1 saturated carbocycles. The van der Waals surface area contributed by atoms with Gasteiger partial charge in [0.25, 0.3) is 0 Å². The first-order valence-electron chi connectivity index (χ1n) is 7.22. The molecule has 1 saturated heterocycles. The standard InChI is InChI=1S/C14H23NO4/c1-9(12-6-3-7-19-12)15-13(16)10-4-2-5-11(8-10)14(17)18/h9-12H,2-8H2,1H3,(H,15,16)(H,17,18). The summed E-state index contributed by atoms with van der Waals surface area (Å²) >= 11 is 0. The van der Waals surface area contributed by atoms with E-state index in [2.05, 4.69) is 5.32 Å². The number of carbonyl (C=O) groups excluding carboxylic acids is 1. The average Bonchev–Trinajstić information content (AvgIpc) is 2.92. The van der Waals surface area contributed by atoms with E-state index >= 15 is 0 Å². The highest BCUT2D eigenvalue weighted by molar-refractivity contribution is 5.80. The smallest absolute Gasteiger partial charge is 0.306 e. The zero-order chi connectivity index (χ0) is 13.8. The van der Waals surface area contributed by atoms with Gasteiger partial charge in [-0.2, -0.15) is 0 Å². The van der Waals surface area contributed by atoms with E-state index in [-0.39, 0.29) is 29.9 Å². The van der Waals surface area contributed by atoms with E-state index in [1.807, 2.05) is 6.92 Å². The van der Waals surface area contributed by atoms with Crippen molar-refractivity contribution in [3.05, 3.63) is 0 Å². The van der Waals surface area contributed by atoms with E-state index in [4.69, 9.17) is 9.84 Å². The summed E-state index contributed by atoms with van der Waals surface area (Å²) in [5.74, 6) is -1.29. The zero-order valence-corrected chi connectivity index (χ0v) is 11.4. The lowest BCUT2D eigenvalue weighted by Crippen LogP contribution is -2.44. The second-order valence-electron chi connectivity index (χ2n) is 5.75. The number of carbonyl (C=O) groups is 2. The number of ether oxygens (including phenoxy) is 1. The molecule has 1 aliphatic heterocycles. The Morgan fingerprint density at radius 3 is 2.58 bits per heavy atom. The van der Waals surface area contributed by atoms with Crippen LogP contribution in [0.3, 0.4) is 0 Å². The van der Waals surface area contributed by atoms with Gasteiger partial charge in [0.15, 0.2) is 0 Å². The summed E-state index contributed by atoms with van der Waals surface area (Å²) in [7, 11) is 0. The van der Waals surface area contributed by atoms with Crippen molar-refractivity contribution in [2.45, 2.75) is 57.6 Å². The molecule has 1 amide bonds. The van der Waals surface area contributed by atoms with Gasteiger partial charge in [-0.25, -0.2) is 0 Å². The SMILES string of the molecule is CC(NC(=O)C1CCCC(C(=O)O)C1)C1CCCO1. The second kappa shape index (κ2) is 6.37. The van der Waals surface area contributed by atoms with Gasteiger partial charge < -0.3 is 15.2 Å². The van der Waals surface area contributed by atoms with Gasteiger partial charge in [0, 0.05) is 12.5 Å². The van der Waals surface area contributed by atoms with Gasteiger partial charge in [-0.05, 0) is 39.0 Å². The van der Waals surface area contributed by atoms with E-state index in [0.29, 0.717) is 12.8 Å². The van der Waals surface area contributed by atoms with Crippen LogP contribution < -0.4 is 5.32 Å². The van der Waals surface area contributed by atoms with Crippen LogP contribution in [-0.4, -0.2) is 35.7 Å². The molecule has 2 aliphatic rings. The fraction of sp³-hybridized carbons (Fsp3) is 0.857. The number of hydrogen-bond donors (Lipinski definition) is 2. The molecule has 2 rings (SSSR count). The van der Waals surface area contributed by atoms with Crippen molar-refractivity contribution in [3.63, 3.8) is 0 Å². The van der Waals surface area contributed by atoms with Crippen molar-refractivity contribution in [1.29, 1.82) is 0 Å². The van der Waals surface area contributed by atoms with Crippen LogP contribution in [-0.2, 0) is 14.3 Å². The molecule has 0 bridgehead atoms. The van der Waals surface area contributed by atoms with Gasteiger partial charge in [-0.3, -0.25) is 9.59 Å². The molecule has 5 nitrogen and oxygen atoms in total. The topological polar surface area (TPSA) is 75.6 Å². The fourth-order valence-corrected chi connectivity index (χ4v) is 3.08. The maximum Gasteiger partial charge on any atom is 0.306 e. The van der Waals surface area contributed by atoms with Gasteiger partial charge >= 0.3 is 5.97 Å². The third kappa shape index (κ3) is 3.69. The molecule has 1 heterocycles. The third-order valence-corrected chi connectivity index (χ3v) is 4.29. The first-order valence-corrected chi connectivity index (χ1v) is 7.22. The molecule has 19 heavy (non-hydrogen) atoms. The summed E-state index contributed by atoms with van der Waals surface area (Å²) in [6.45, 7) is 2.74. The Kier molecular flexibility index (Phi) is 4.80. The molecular weight excluding hydrogens is 246 g/mol. The third-order valence-electron chi connectivity index (χ3n) is 4.29. The van der Waals surface area contributed by atoms with Crippen LogP contribution >= 0.6 is 0 Å². The second-order valence-corrected chi connectivity index (χ2v) is 5.75. The molecule has 2 fully saturated rings. The Balaban J connectivity index is 1.83. The molecule has 1 aliphatic carbocycles. The summed E-state index contributed by atoms with van der Waals surface area (Å²) in [6.07, 6.45) is 4.94. The molecule has 5 heteroatoms. The molecule has 108 valence electrons.